The fraction of sp³-hybridized carbons (Fsp3) is 0.429. The third-order valence-electron chi connectivity index (χ3n) is 4.89. The van der Waals surface area contributed by atoms with Crippen LogP contribution in [0, 0.1) is 0 Å². The van der Waals surface area contributed by atoms with E-state index in [9.17, 15) is 4.79 Å². The quantitative estimate of drug-likeness (QED) is 0.777. The molecule has 1 saturated carbocycles. The Morgan fingerprint density at radius 1 is 1.07 bits per heavy atom. The van der Waals surface area contributed by atoms with Crippen molar-refractivity contribution >= 4 is 11.6 Å². The Hall–Kier alpha value is -2.76. The molecule has 0 spiro atoms. The maximum atomic E-state index is 12.5. The molecule has 1 aromatic carbocycles. The largest absolute Gasteiger partial charge is 0.493 e. The third-order valence-corrected chi connectivity index (χ3v) is 4.89. The number of carbonyl (C=O) groups excluding carboxylic acids is 1. The maximum absolute atomic E-state index is 12.5. The van der Waals surface area contributed by atoms with Gasteiger partial charge in [0.25, 0.3) is 5.91 Å². The summed E-state index contributed by atoms with van der Waals surface area (Å²) < 4.78 is 10.6. The van der Waals surface area contributed by atoms with Gasteiger partial charge in [-0.05, 0) is 36.6 Å². The summed E-state index contributed by atoms with van der Waals surface area (Å²) in [5.41, 5.74) is 2.43. The SMILES string of the molecule is COc1ccc(CNc2cncc(C(=O)NC3CCCCC3)c2)cc1OC. The number of pyridine rings is 1. The predicted octanol–water partition coefficient (Wildman–Crippen LogP) is 3.77. The van der Waals surface area contributed by atoms with Gasteiger partial charge in [-0.1, -0.05) is 25.3 Å². The van der Waals surface area contributed by atoms with Gasteiger partial charge in [0, 0.05) is 25.0 Å². The second-order valence-corrected chi connectivity index (χ2v) is 6.81. The lowest BCUT2D eigenvalue weighted by Crippen LogP contribution is -2.36. The highest BCUT2D eigenvalue weighted by Gasteiger charge is 2.17. The number of nitrogens with one attached hydrogen (secondary N) is 2. The molecule has 1 aliphatic carbocycles. The Morgan fingerprint density at radius 2 is 1.85 bits per heavy atom. The third kappa shape index (κ3) is 5.12. The van der Waals surface area contributed by atoms with Crippen molar-refractivity contribution in [3.8, 4) is 11.5 Å². The van der Waals surface area contributed by atoms with Crippen molar-refractivity contribution in [1.29, 1.82) is 0 Å². The molecule has 6 heteroatoms. The summed E-state index contributed by atoms with van der Waals surface area (Å²) in [6, 6.07) is 7.91. The van der Waals surface area contributed by atoms with Gasteiger partial charge in [-0.3, -0.25) is 9.78 Å². The van der Waals surface area contributed by atoms with Crippen LogP contribution in [0.3, 0.4) is 0 Å². The molecule has 0 unspecified atom stereocenters. The number of methoxy groups -OCH3 is 2. The zero-order valence-corrected chi connectivity index (χ0v) is 16.0. The van der Waals surface area contributed by atoms with E-state index in [0.717, 1.165) is 24.1 Å². The molecule has 3 rings (SSSR count). The van der Waals surface area contributed by atoms with Gasteiger partial charge in [-0.25, -0.2) is 0 Å². The molecule has 0 saturated heterocycles. The Morgan fingerprint density at radius 3 is 2.59 bits per heavy atom. The van der Waals surface area contributed by atoms with Crippen molar-refractivity contribution in [2.45, 2.75) is 44.7 Å². The van der Waals surface area contributed by atoms with E-state index in [1.54, 1.807) is 26.6 Å². The van der Waals surface area contributed by atoms with E-state index in [-0.39, 0.29) is 11.9 Å². The summed E-state index contributed by atoms with van der Waals surface area (Å²) in [6.07, 6.45) is 9.11. The number of ether oxygens (including phenoxy) is 2. The van der Waals surface area contributed by atoms with E-state index < -0.39 is 0 Å². The standard InChI is InChI=1S/C21H27N3O3/c1-26-19-9-8-15(10-20(19)27-2)12-23-18-11-16(13-22-14-18)21(25)24-17-6-4-3-5-7-17/h8-11,13-14,17,23H,3-7,12H2,1-2H3,(H,24,25). The number of hydrogen-bond donors (Lipinski definition) is 2. The van der Waals surface area contributed by atoms with Crippen LogP contribution >= 0.6 is 0 Å². The van der Waals surface area contributed by atoms with Crippen LogP contribution in [0.1, 0.15) is 48.0 Å². The van der Waals surface area contributed by atoms with Gasteiger partial charge in [0.15, 0.2) is 11.5 Å². The summed E-state index contributed by atoms with van der Waals surface area (Å²) in [5, 5.41) is 6.44. The highest BCUT2D eigenvalue weighted by Crippen LogP contribution is 2.27. The molecule has 0 radical (unpaired) electrons. The average molecular weight is 369 g/mol. The molecule has 0 bridgehead atoms. The van der Waals surface area contributed by atoms with Crippen LogP contribution in [-0.4, -0.2) is 31.2 Å². The zero-order chi connectivity index (χ0) is 19.1. The molecule has 0 atom stereocenters. The van der Waals surface area contributed by atoms with E-state index in [0.29, 0.717) is 23.6 Å². The minimum atomic E-state index is -0.0517. The molecule has 1 aliphatic rings. The van der Waals surface area contributed by atoms with Gasteiger partial charge >= 0.3 is 0 Å². The zero-order valence-electron chi connectivity index (χ0n) is 16.0. The topological polar surface area (TPSA) is 72.5 Å². The molecular weight excluding hydrogens is 342 g/mol. The minimum absolute atomic E-state index is 0.0517. The van der Waals surface area contributed by atoms with Gasteiger partial charge in [0.1, 0.15) is 0 Å². The number of aromatic nitrogens is 1. The average Bonchev–Trinajstić information content (AvgIpc) is 2.73. The van der Waals surface area contributed by atoms with Crippen molar-refractivity contribution in [2.24, 2.45) is 0 Å². The fourth-order valence-electron chi connectivity index (χ4n) is 3.37. The first-order chi connectivity index (χ1) is 13.2. The van der Waals surface area contributed by atoms with Crippen molar-refractivity contribution < 1.29 is 14.3 Å². The number of benzene rings is 1. The van der Waals surface area contributed by atoms with Crippen LogP contribution in [0.15, 0.2) is 36.7 Å². The number of rotatable bonds is 7. The Labute approximate surface area is 160 Å². The lowest BCUT2D eigenvalue weighted by Gasteiger charge is -2.22. The number of hydrogen-bond acceptors (Lipinski definition) is 5. The first kappa shape index (κ1) is 19.0. The van der Waals surface area contributed by atoms with Crippen molar-refractivity contribution in [2.75, 3.05) is 19.5 Å². The number of carbonyl (C=O) groups is 1. The van der Waals surface area contributed by atoms with Crippen molar-refractivity contribution in [3.05, 3.63) is 47.8 Å². The predicted molar refractivity (Wildman–Crippen MR) is 105 cm³/mol. The highest BCUT2D eigenvalue weighted by atomic mass is 16.5. The van der Waals surface area contributed by atoms with E-state index in [4.69, 9.17) is 9.47 Å². The molecule has 144 valence electrons. The number of nitrogens with zero attached hydrogens (tertiary/aromatic N) is 1. The van der Waals surface area contributed by atoms with Gasteiger partial charge < -0.3 is 20.1 Å². The first-order valence-electron chi connectivity index (χ1n) is 9.40. The Kier molecular flexibility index (Phi) is 6.52. The van der Waals surface area contributed by atoms with Crippen LogP contribution in [0.25, 0.3) is 0 Å². The summed E-state index contributed by atoms with van der Waals surface area (Å²) in [6.45, 7) is 0.593. The van der Waals surface area contributed by atoms with Gasteiger partial charge in [0.05, 0.1) is 25.5 Å². The first-order valence-corrected chi connectivity index (χ1v) is 9.40. The van der Waals surface area contributed by atoms with Crippen LogP contribution < -0.4 is 20.1 Å². The summed E-state index contributed by atoms with van der Waals surface area (Å²) in [5.74, 6) is 1.34. The maximum Gasteiger partial charge on any atom is 0.253 e. The van der Waals surface area contributed by atoms with E-state index in [1.807, 2.05) is 24.3 Å². The van der Waals surface area contributed by atoms with Crippen LogP contribution in [0.4, 0.5) is 5.69 Å². The fourth-order valence-corrected chi connectivity index (χ4v) is 3.37. The Bertz CT molecular complexity index is 773. The summed E-state index contributed by atoms with van der Waals surface area (Å²) in [4.78, 5) is 16.7. The van der Waals surface area contributed by atoms with Crippen LogP contribution in [-0.2, 0) is 6.54 Å². The normalized spacial score (nSPS) is 14.4. The molecule has 2 N–H and O–H groups in total. The Balaban J connectivity index is 1.61. The van der Waals surface area contributed by atoms with Crippen molar-refractivity contribution in [3.63, 3.8) is 0 Å². The summed E-state index contributed by atoms with van der Waals surface area (Å²) in [7, 11) is 3.23. The molecule has 1 fully saturated rings. The smallest absolute Gasteiger partial charge is 0.253 e. The molecule has 0 aliphatic heterocycles. The molecule has 27 heavy (non-hydrogen) atoms. The van der Waals surface area contributed by atoms with Crippen LogP contribution in [0.5, 0.6) is 11.5 Å². The minimum Gasteiger partial charge on any atom is -0.493 e. The second kappa shape index (κ2) is 9.26. The lowest BCUT2D eigenvalue weighted by molar-refractivity contribution is 0.0927. The van der Waals surface area contributed by atoms with E-state index in [2.05, 4.69) is 15.6 Å². The summed E-state index contributed by atoms with van der Waals surface area (Å²) >= 11 is 0. The van der Waals surface area contributed by atoms with E-state index >= 15 is 0 Å². The van der Waals surface area contributed by atoms with Crippen molar-refractivity contribution in [1.82, 2.24) is 10.3 Å². The van der Waals surface area contributed by atoms with Gasteiger partial charge in [0.2, 0.25) is 0 Å². The molecule has 1 amide bonds. The monoisotopic (exact) mass is 369 g/mol. The molecule has 2 aromatic rings. The van der Waals surface area contributed by atoms with Gasteiger partial charge in [-0.15, -0.1) is 0 Å². The van der Waals surface area contributed by atoms with E-state index in [1.165, 1.54) is 19.3 Å². The number of amides is 1. The lowest BCUT2D eigenvalue weighted by atomic mass is 9.95. The van der Waals surface area contributed by atoms with Gasteiger partial charge in [-0.2, -0.15) is 0 Å². The van der Waals surface area contributed by atoms with Crippen LogP contribution in [0.2, 0.25) is 0 Å². The molecule has 1 aromatic heterocycles. The molecule has 6 nitrogen and oxygen atoms in total. The molecule has 1 heterocycles. The highest BCUT2D eigenvalue weighted by molar-refractivity contribution is 5.94. The molecular formula is C21H27N3O3. The second-order valence-electron chi connectivity index (χ2n) is 6.81. The number of anilines is 1.